The quantitative estimate of drug-likeness (QED) is 0.451. The highest BCUT2D eigenvalue weighted by atomic mass is 79.9. The predicted octanol–water partition coefficient (Wildman–Crippen LogP) is 5.53. The number of thioether (sulfide) groups is 1. The molecule has 0 spiro atoms. The molecule has 0 amide bonds. The summed E-state index contributed by atoms with van der Waals surface area (Å²) >= 11 is 6.90. The summed E-state index contributed by atoms with van der Waals surface area (Å²) in [5, 5.41) is 0. The smallest absolute Gasteiger partial charge is 0.150 e. The molecular formula is C15H11BrN2S2. The fraction of sp³-hybridized carbons (Fsp3) is 0.0667. The molecule has 100 valence electrons. The zero-order valence-electron chi connectivity index (χ0n) is 10.7. The minimum atomic E-state index is 0.949. The highest BCUT2D eigenvalue weighted by Crippen LogP contribution is 2.30. The molecule has 3 aromatic rings. The zero-order chi connectivity index (χ0) is 13.9. The highest BCUT2D eigenvalue weighted by molar-refractivity contribution is 9.10. The summed E-state index contributed by atoms with van der Waals surface area (Å²) in [6.45, 7) is 0. The molecule has 3 rings (SSSR count). The number of fused-ring (bicyclic) bond motifs is 1. The first-order valence-electron chi connectivity index (χ1n) is 5.99. The fourth-order valence-electron chi connectivity index (χ4n) is 1.78. The summed E-state index contributed by atoms with van der Waals surface area (Å²) in [6, 6.07) is 14.2. The van der Waals surface area contributed by atoms with E-state index in [1.807, 2.05) is 48.9 Å². The summed E-state index contributed by atoms with van der Waals surface area (Å²) in [5.74, 6) is 0. The largest absolute Gasteiger partial charge is 0.256 e. The van der Waals surface area contributed by atoms with Gasteiger partial charge in [0.2, 0.25) is 0 Å². The van der Waals surface area contributed by atoms with Gasteiger partial charge in [-0.15, -0.1) is 11.3 Å². The van der Waals surface area contributed by atoms with Crippen LogP contribution >= 0.6 is 39.0 Å². The number of hydrogen-bond acceptors (Lipinski definition) is 4. The minimum absolute atomic E-state index is 0.949. The van der Waals surface area contributed by atoms with Gasteiger partial charge in [-0.05, 0) is 30.5 Å². The number of nitrogens with zero attached hydrogens (tertiary/aromatic N) is 2. The van der Waals surface area contributed by atoms with Crippen LogP contribution in [0.2, 0.25) is 0 Å². The maximum absolute atomic E-state index is 4.54. The molecule has 0 aliphatic heterocycles. The summed E-state index contributed by atoms with van der Waals surface area (Å²) in [7, 11) is 0. The summed E-state index contributed by atoms with van der Waals surface area (Å²) in [5.41, 5.74) is 3.06. The zero-order valence-corrected chi connectivity index (χ0v) is 13.9. The van der Waals surface area contributed by atoms with Crippen molar-refractivity contribution >= 4 is 61.1 Å². The third-order valence-corrected chi connectivity index (χ3v) is 5.51. The normalized spacial score (nSPS) is 11.5. The maximum atomic E-state index is 4.54. The Labute approximate surface area is 134 Å². The molecule has 1 aromatic heterocycles. The van der Waals surface area contributed by atoms with Crippen molar-refractivity contribution in [2.75, 3.05) is 6.26 Å². The van der Waals surface area contributed by atoms with E-state index in [4.69, 9.17) is 0 Å². The van der Waals surface area contributed by atoms with Gasteiger partial charge in [0, 0.05) is 16.3 Å². The highest BCUT2D eigenvalue weighted by Gasteiger charge is 2.03. The van der Waals surface area contributed by atoms with Crippen molar-refractivity contribution < 1.29 is 0 Å². The molecule has 0 radical (unpaired) electrons. The topological polar surface area (TPSA) is 25.2 Å². The molecule has 20 heavy (non-hydrogen) atoms. The van der Waals surface area contributed by atoms with E-state index in [1.54, 1.807) is 23.1 Å². The molecular weight excluding hydrogens is 352 g/mol. The van der Waals surface area contributed by atoms with Gasteiger partial charge in [0.25, 0.3) is 0 Å². The van der Waals surface area contributed by atoms with Gasteiger partial charge in [-0.25, -0.2) is 4.98 Å². The Morgan fingerprint density at radius 1 is 1.25 bits per heavy atom. The average molecular weight is 363 g/mol. The Morgan fingerprint density at radius 2 is 2.10 bits per heavy atom. The lowest BCUT2D eigenvalue weighted by Crippen LogP contribution is -1.81. The molecule has 0 saturated heterocycles. The molecule has 5 heteroatoms. The lowest BCUT2D eigenvalue weighted by molar-refractivity contribution is 1.31. The van der Waals surface area contributed by atoms with Crippen LogP contribution in [0.15, 0.2) is 56.3 Å². The molecule has 0 atom stereocenters. The molecule has 2 aromatic carbocycles. The SMILES string of the molecule is CSc1nc2ccc(N=Cc3ccccc3Br)cc2s1. The van der Waals surface area contributed by atoms with Gasteiger partial charge in [-0.3, -0.25) is 4.99 Å². The number of benzene rings is 2. The van der Waals surface area contributed by atoms with E-state index in [1.165, 1.54) is 4.70 Å². The van der Waals surface area contributed by atoms with Gasteiger partial charge in [0.1, 0.15) is 0 Å². The summed E-state index contributed by atoms with van der Waals surface area (Å²) in [6.07, 6.45) is 3.92. The molecule has 2 nitrogen and oxygen atoms in total. The predicted molar refractivity (Wildman–Crippen MR) is 92.8 cm³/mol. The number of aliphatic imine (C=N–C) groups is 1. The van der Waals surface area contributed by atoms with Crippen LogP contribution in [0.3, 0.4) is 0 Å². The van der Waals surface area contributed by atoms with Crippen molar-refractivity contribution in [1.82, 2.24) is 4.98 Å². The van der Waals surface area contributed by atoms with Gasteiger partial charge in [0.15, 0.2) is 4.34 Å². The van der Waals surface area contributed by atoms with Crippen LogP contribution in [0.1, 0.15) is 5.56 Å². The van der Waals surface area contributed by atoms with E-state index in [0.29, 0.717) is 0 Å². The number of hydrogen-bond donors (Lipinski definition) is 0. The van der Waals surface area contributed by atoms with Crippen LogP contribution in [0.25, 0.3) is 10.2 Å². The maximum Gasteiger partial charge on any atom is 0.150 e. The number of halogens is 1. The Morgan fingerprint density at radius 3 is 2.90 bits per heavy atom. The summed E-state index contributed by atoms with van der Waals surface area (Å²) < 4.78 is 3.32. The van der Waals surface area contributed by atoms with Crippen LogP contribution in [0.5, 0.6) is 0 Å². The van der Waals surface area contributed by atoms with Crippen LogP contribution in [-0.2, 0) is 0 Å². The molecule has 0 saturated carbocycles. The summed E-state index contributed by atoms with van der Waals surface area (Å²) in [4.78, 5) is 9.07. The van der Waals surface area contributed by atoms with Crippen molar-refractivity contribution in [3.8, 4) is 0 Å². The van der Waals surface area contributed by atoms with Crippen LogP contribution in [0.4, 0.5) is 5.69 Å². The lowest BCUT2D eigenvalue weighted by atomic mass is 10.2. The van der Waals surface area contributed by atoms with Crippen molar-refractivity contribution in [2.24, 2.45) is 4.99 Å². The van der Waals surface area contributed by atoms with E-state index >= 15 is 0 Å². The van der Waals surface area contributed by atoms with E-state index in [0.717, 1.165) is 25.6 Å². The Bertz CT molecular complexity index is 780. The Balaban J connectivity index is 1.92. The van der Waals surface area contributed by atoms with E-state index in [2.05, 4.69) is 32.0 Å². The van der Waals surface area contributed by atoms with Gasteiger partial charge >= 0.3 is 0 Å². The first kappa shape index (κ1) is 13.8. The number of thiazole rings is 1. The van der Waals surface area contributed by atoms with Crippen molar-refractivity contribution in [2.45, 2.75) is 4.34 Å². The molecule has 0 fully saturated rings. The van der Waals surface area contributed by atoms with Gasteiger partial charge < -0.3 is 0 Å². The third kappa shape index (κ3) is 2.95. The standard InChI is InChI=1S/C15H11BrN2S2/c1-19-15-18-13-7-6-11(8-14(13)20-15)17-9-10-4-2-3-5-12(10)16/h2-9H,1H3. The third-order valence-electron chi connectivity index (χ3n) is 2.78. The van der Waals surface area contributed by atoms with Crippen molar-refractivity contribution in [1.29, 1.82) is 0 Å². The van der Waals surface area contributed by atoms with Crippen LogP contribution in [0, 0.1) is 0 Å². The first-order valence-corrected chi connectivity index (χ1v) is 8.83. The second-order valence-electron chi connectivity index (χ2n) is 4.12. The van der Waals surface area contributed by atoms with Gasteiger partial charge in [-0.2, -0.15) is 0 Å². The first-order chi connectivity index (χ1) is 9.76. The van der Waals surface area contributed by atoms with E-state index < -0.39 is 0 Å². The van der Waals surface area contributed by atoms with Crippen LogP contribution in [-0.4, -0.2) is 17.5 Å². The molecule has 0 N–H and O–H groups in total. The second-order valence-corrected chi connectivity index (χ2v) is 7.05. The number of aromatic nitrogens is 1. The second kappa shape index (κ2) is 6.08. The molecule has 0 aliphatic rings. The van der Waals surface area contributed by atoms with Crippen LogP contribution < -0.4 is 0 Å². The minimum Gasteiger partial charge on any atom is -0.256 e. The van der Waals surface area contributed by atoms with Crippen molar-refractivity contribution in [3.63, 3.8) is 0 Å². The van der Waals surface area contributed by atoms with E-state index in [-0.39, 0.29) is 0 Å². The molecule has 1 heterocycles. The monoisotopic (exact) mass is 362 g/mol. The fourth-order valence-corrected chi connectivity index (χ4v) is 3.69. The Kier molecular flexibility index (Phi) is 4.19. The van der Waals surface area contributed by atoms with Gasteiger partial charge in [0.05, 0.1) is 15.9 Å². The molecule has 0 aliphatic carbocycles. The van der Waals surface area contributed by atoms with Gasteiger partial charge in [-0.1, -0.05) is 45.9 Å². The lowest BCUT2D eigenvalue weighted by Gasteiger charge is -1.97. The van der Waals surface area contributed by atoms with Crippen molar-refractivity contribution in [3.05, 3.63) is 52.5 Å². The molecule has 0 bridgehead atoms. The Hall–Kier alpha value is -1.17. The number of rotatable bonds is 3. The molecule has 0 unspecified atom stereocenters. The van der Waals surface area contributed by atoms with E-state index in [9.17, 15) is 0 Å². The average Bonchev–Trinajstić information content (AvgIpc) is 2.88.